The van der Waals surface area contributed by atoms with Gasteiger partial charge in [0.2, 0.25) is 0 Å². The molecule has 1 heterocycles. The zero-order valence-electron chi connectivity index (χ0n) is 16.4. The van der Waals surface area contributed by atoms with Gasteiger partial charge in [-0.1, -0.05) is 42.5 Å². The molecule has 7 nitrogen and oxygen atoms in total. The number of ketones is 1. The molecule has 0 aliphatic heterocycles. The highest BCUT2D eigenvalue weighted by Crippen LogP contribution is 2.17. The van der Waals surface area contributed by atoms with Gasteiger partial charge in [-0.25, -0.2) is 13.1 Å². The van der Waals surface area contributed by atoms with Gasteiger partial charge in [0.1, 0.15) is 10.6 Å². The van der Waals surface area contributed by atoms with Crippen molar-refractivity contribution < 1.29 is 22.7 Å². The number of pyridine rings is 1. The van der Waals surface area contributed by atoms with Crippen molar-refractivity contribution in [2.75, 3.05) is 0 Å². The fourth-order valence-electron chi connectivity index (χ4n) is 2.65. The number of rotatable bonds is 7. The lowest BCUT2D eigenvalue weighted by Gasteiger charge is -2.11. The smallest absolute Gasteiger partial charge is 0.265 e. The Hall–Kier alpha value is -3.52. The molecule has 8 heteroatoms. The summed E-state index contributed by atoms with van der Waals surface area (Å²) < 4.78 is 32.5. The van der Waals surface area contributed by atoms with Gasteiger partial charge in [-0.2, -0.15) is 0 Å². The Bertz CT molecular complexity index is 1160. The summed E-state index contributed by atoms with van der Waals surface area (Å²) in [7, 11) is -4.14. The summed E-state index contributed by atoms with van der Waals surface area (Å²) in [6, 6.07) is 15.8. The highest BCUT2D eigenvalue weighted by Gasteiger charge is 2.20. The van der Waals surface area contributed by atoms with E-state index in [4.69, 9.17) is 4.74 Å². The molecule has 30 heavy (non-hydrogen) atoms. The predicted octanol–water partition coefficient (Wildman–Crippen LogP) is 3.22. The van der Waals surface area contributed by atoms with Crippen molar-refractivity contribution in [3.8, 4) is 5.75 Å². The van der Waals surface area contributed by atoms with Crippen LogP contribution in [0.25, 0.3) is 0 Å². The first-order valence-electron chi connectivity index (χ1n) is 9.15. The first-order valence-corrected chi connectivity index (χ1v) is 10.6. The van der Waals surface area contributed by atoms with Gasteiger partial charge in [-0.3, -0.25) is 14.6 Å². The summed E-state index contributed by atoms with van der Waals surface area (Å²) in [4.78, 5) is 28.5. The van der Waals surface area contributed by atoms with E-state index in [9.17, 15) is 18.0 Å². The number of amides is 1. The van der Waals surface area contributed by atoms with Crippen molar-refractivity contribution in [1.82, 2.24) is 9.71 Å². The maximum absolute atomic E-state index is 12.5. The molecule has 1 amide bonds. The van der Waals surface area contributed by atoms with E-state index in [2.05, 4.69) is 4.98 Å². The summed E-state index contributed by atoms with van der Waals surface area (Å²) in [5.74, 6) is -0.726. The van der Waals surface area contributed by atoms with Crippen molar-refractivity contribution in [2.24, 2.45) is 0 Å². The monoisotopic (exact) mass is 424 g/mol. The van der Waals surface area contributed by atoms with Gasteiger partial charge >= 0.3 is 0 Å². The van der Waals surface area contributed by atoms with Crippen LogP contribution in [0.15, 0.2) is 78.0 Å². The number of aromatic nitrogens is 1. The van der Waals surface area contributed by atoms with E-state index in [0.717, 1.165) is 6.20 Å². The zero-order chi connectivity index (χ0) is 21.7. The molecular formula is C22H20N2O5S. The maximum atomic E-state index is 12.5. The third kappa shape index (κ3) is 5.09. The van der Waals surface area contributed by atoms with Gasteiger partial charge < -0.3 is 4.74 Å². The topological polar surface area (TPSA) is 102 Å². The van der Waals surface area contributed by atoms with Gasteiger partial charge in [0.15, 0.2) is 5.78 Å². The lowest BCUT2D eigenvalue weighted by Crippen LogP contribution is -2.30. The second-order valence-corrected chi connectivity index (χ2v) is 8.41. The Kier molecular flexibility index (Phi) is 6.27. The number of hydrogen-bond donors (Lipinski definition) is 1. The van der Waals surface area contributed by atoms with Crippen LogP contribution in [0.1, 0.15) is 40.1 Å². The number of hydrogen-bond acceptors (Lipinski definition) is 6. The van der Waals surface area contributed by atoms with Gasteiger partial charge in [-0.05, 0) is 26.0 Å². The molecule has 1 aromatic heterocycles. The number of carbonyl (C=O) groups excluding carboxylic acids is 2. The minimum atomic E-state index is -4.14. The van der Waals surface area contributed by atoms with Crippen molar-refractivity contribution in [1.29, 1.82) is 0 Å². The molecular weight excluding hydrogens is 404 g/mol. The molecule has 0 saturated heterocycles. The van der Waals surface area contributed by atoms with Crippen molar-refractivity contribution in [3.63, 3.8) is 0 Å². The third-order valence-electron chi connectivity index (χ3n) is 4.04. The normalized spacial score (nSPS) is 11.2. The number of nitrogens with one attached hydrogen (secondary N) is 1. The average Bonchev–Trinajstić information content (AvgIpc) is 2.73. The Balaban J connectivity index is 1.75. The predicted molar refractivity (Wildman–Crippen MR) is 111 cm³/mol. The van der Waals surface area contributed by atoms with Gasteiger partial charge in [0, 0.05) is 29.0 Å². The number of benzene rings is 2. The van der Waals surface area contributed by atoms with E-state index >= 15 is 0 Å². The molecule has 0 fully saturated rings. The lowest BCUT2D eigenvalue weighted by atomic mass is 10.0. The summed E-state index contributed by atoms with van der Waals surface area (Å²) >= 11 is 0. The molecule has 0 spiro atoms. The van der Waals surface area contributed by atoms with Crippen LogP contribution < -0.4 is 9.46 Å². The molecule has 0 aliphatic carbocycles. The van der Waals surface area contributed by atoms with Gasteiger partial charge in [0.25, 0.3) is 15.9 Å². The van der Waals surface area contributed by atoms with Crippen LogP contribution in [0.5, 0.6) is 5.75 Å². The second-order valence-electron chi connectivity index (χ2n) is 6.73. The standard InChI is InChI=1S/C22H20N2O5S/c1-15(2)29-19-12-20(14-23-13-19)30(27,28)24-22(26)18-10-8-17(9-11-18)21(25)16-6-4-3-5-7-16/h3-15H,1-2H3,(H,24,26). The first-order chi connectivity index (χ1) is 14.3. The van der Waals surface area contributed by atoms with E-state index < -0.39 is 15.9 Å². The van der Waals surface area contributed by atoms with Gasteiger partial charge in [0.05, 0.1) is 12.3 Å². The molecule has 0 unspecified atom stereocenters. The van der Waals surface area contributed by atoms with Crippen molar-refractivity contribution >= 4 is 21.7 Å². The zero-order valence-corrected chi connectivity index (χ0v) is 17.2. The number of ether oxygens (including phenoxy) is 1. The second kappa shape index (κ2) is 8.87. The number of carbonyl (C=O) groups is 2. The molecule has 2 aromatic carbocycles. The van der Waals surface area contributed by atoms with E-state index in [-0.39, 0.29) is 28.1 Å². The molecule has 0 bridgehead atoms. The fourth-order valence-corrected chi connectivity index (χ4v) is 3.60. The molecule has 3 aromatic rings. The highest BCUT2D eigenvalue weighted by atomic mass is 32.2. The van der Waals surface area contributed by atoms with Crippen LogP contribution in [0.4, 0.5) is 0 Å². The van der Waals surface area contributed by atoms with Crippen LogP contribution in [-0.4, -0.2) is 31.2 Å². The molecule has 3 rings (SSSR count). The quantitative estimate of drug-likeness (QED) is 0.584. The lowest BCUT2D eigenvalue weighted by molar-refractivity contribution is 0.0979. The molecule has 154 valence electrons. The van der Waals surface area contributed by atoms with Crippen LogP contribution >= 0.6 is 0 Å². The van der Waals surface area contributed by atoms with Crippen LogP contribution in [0.3, 0.4) is 0 Å². The van der Waals surface area contributed by atoms with E-state index in [1.54, 1.807) is 38.1 Å². The minimum absolute atomic E-state index is 0.103. The molecule has 0 radical (unpaired) electrons. The molecule has 0 atom stereocenters. The highest BCUT2D eigenvalue weighted by molar-refractivity contribution is 7.90. The Labute approximate surface area is 174 Å². The van der Waals surface area contributed by atoms with Gasteiger partial charge in [-0.15, -0.1) is 0 Å². The van der Waals surface area contributed by atoms with E-state index in [1.165, 1.54) is 36.5 Å². The largest absolute Gasteiger partial charge is 0.489 e. The summed E-state index contributed by atoms with van der Waals surface area (Å²) in [5, 5.41) is 0. The Morgan fingerprint density at radius 3 is 2.13 bits per heavy atom. The SMILES string of the molecule is CC(C)Oc1cncc(S(=O)(=O)NC(=O)c2ccc(C(=O)c3ccccc3)cc2)c1. The number of sulfonamides is 1. The molecule has 1 N–H and O–H groups in total. The Morgan fingerprint density at radius 2 is 1.50 bits per heavy atom. The third-order valence-corrected chi connectivity index (χ3v) is 5.34. The summed E-state index contributed by atoms with van der Waals surface area (Å²) in [5.41, 5.74) is 1.02. The molecule has 0 aliphatic rings. The fraction of sp³-hybridized carbons (Fsp3) is 0.136. The van der Waals surface area contributed by atoms with Crippen LogP contribution in [-0.2, 0) is 10.0 Å². The van der Waals surface area contributed by atoms with Crippen molar-refractivity contribution in [3.05, 3.63) is 89.7 Å². The maximum Gasteiger partial charge on any atom is 0.265 e. The molecule has 0 saturated carbocycles. The first kappa shape index (κ1) is 21.2. The summed E-state index contributed by atoms with van der Waals surface area (Å²) in [6.45, 7) is 3.60. The van der Waals surface area contributed by atoms with E-state index in [0.29, 0.717) is 11.1 Å². The summed E-state index contributed by atoms with van der Waals surface area (Å²) in [6.07, 6.45) is 2.37. The number of nitrogens with zero attached hydrogens (tertiary/aromatic N) is 1. The van der Waals surface area contributed by atoms with Crippen LogP contribution in [0, 0.1) is 0 Å². The van der Waals surface area contributed by atoms with E-state index in [1.807, 2.05) is 10.8 Å². The minimum Gasteiger partial charge on any atom is -0.489 e. The average molecular weight is 424 g/mol. The van der Waals surface area contributed by atoms with Crippen molar-refractivity contribution in [2.45, 2.75) is 24.8 Å². The Morgan fingerprint density at radius 1 is 0.900 bits per heavy atom. The van der Waals surface area contributed by atoms with Crippen LogP contribution in [0.2, 0.25) is 0 Å².